The van der Waals surface area contributed by atoms with E-state index in [9.17, 15) is 14.0 Å². The van der Waals surface area contributed by atoms with E-state index < -0.39 is 28.2 Å². The number of imide groups is 1. The highest BCUT2D eigenvalue weighted by Crippen LogP contribution is 2.55. The van der Waals surface area contributed by atoms with E-state index >= 15 is 0 Å². The summed E-state index contributed by atoms with van der Waals surface area (Å²) in [6.45, 7) is 5.26. The van der Waals surface area contributed by atoms with Gasteiger partial charge in [0.05, 0.1) is 5.69 Å². The highest BCUT2D eigenvalue weighted by molar-refractivity contribution is 8.01. The zero-order valence-electron chi connectivity index (χ0n) is 17.5. The molecule has 2 amide bonds. The van der Waals surface area contributed by atoms with Gasteiger partial charge in [-0.2, -0.15) is 0 Å². The van der Waals surface area contributed by atoms with Crippen molar-refractivity contribution in [2.24, 2.45) is 0 Å². The van der Waals surface area contributed by atoms with Gasteiger partial charge < -0.3 is 4.74 Å². The Kier molecular flexibility index (Phi) is 5.35. The van der Waals surface area contributed by atoms with Gasteiger partial charge >= 0.3 is 6.09 Å². The second-order valence-electron chi connectivity index (χ2n) is 8.24. The largest absolute Gasteiger partial charge is 0.443 e. The zero-order chi connectivity index (χ0) is 22.2. The van der Waals surface area contributed by atoms with Crippen LogP contribution >= 0.6 is 11.8 Å². The molecular formula is C25H22FNO3S. The molecule has 4 rings (SSSR count). The molecule has 6 heteroatoms. The van der Waals surface area contributed by atoms with Gasteiger partial charge in [0.15, 0.2) is 4.75 Å². The Hall–Kier alpha value is -3.12. The number of anilines is 1. The molecule has 4 nitrogen and oxygen atoms in total. The summed E-state index contributed by atoms with van der Waals surface area (Å²) in [6.07, 6.45) is -0.734. The van der Waals surface area contributed by atoms with E-state index in [1.54, 1.807) is 45.0 Å². The molecule has 158 valence electrons. The van der Waals surface area contributed by atoms with Crippen molar-refractivity contribution in [1.82, 2.24) is 0 Å². The maximum Gasteiger partial charge on any atom is 0.421 e. The van der Waals surface area contributed by atoms with Crippen LogP contribution in [-0.2, 0) is 14.3 Å². The first-order valence-corrected chi connectivity index (χ1v) is 10.7. The lowest BCUT2D eigenvalue weighted by molar-refractivity contribution is -0.119. The van der Waals surface area contributed by atoms with Crippen LogP contribution < -0.4 is 4.90 Å². The number of halogens is 1. The molecular weight excluding hydrogens is 413 g/mol. The fourth-order valence-corrected chi connectivity index (χ4v) is 4.99. The quantitative estimate of drug-likeness (QED) is 0.496. The van der Waals surface area contributed by atoms with Crippen LogP contribution in [0.15, 0.2) is 83.8 Å². The van der Waals surface area contributed by atoms with Gasteiger partial charge in [-0.25, -0.2) is 14.1 Å². The van der Waals surface area contributed by atoms with Gasteiger partial charge in [0.1, 0.15) is 11.4 Å². The van der Waals surface area contributed by atoms with Gasteiger partial charge in [0, 0.05) is 10.5 Å². The van der Waals surface area contributed by atoms with Gasteiger partial charge in [0.2, 0.25) is 0 Å². The van der Waals surface area contributed by atoms with Crippen LogP contribution in [0.5, 0.6) is 0 Å². The number of carbonyl (C=O) groups excluding carboxylic acids is 2. The Balaban J connectivity index is 1.93. The van der Waals surface area contributed by atoms with E-state index in [0.717, 1.165) is 9.80 Å². The second-order valence-corrected chi connectivity index (χ2v) is 9.53. The smallest absolute Gasteiger partial charge is 0.421 e. The molecule has 31 heavy (non-hydrogen) atoms. The summed E-state index contributed by atoms with van der Waals surface area (Å²) < 4.78 is 18.0. The minimum atomic E-state index is -1.26. The monoisotopic (exact) mass is 435 g/mol. The number of rotatable bonds is 3. The van der Waals surface area contributed by atoms with E-state index in [0.29, 0.717) is 16.8 Å². The van der Waals surface area contributed by atoms with Gasteiger partial charge in [0.25, 0.3) is 5.91 Å². The predicted molar refractivity (Wildman–Crippen MR) is 120 cm³/mol. The average Bonchev–Trinajstić information content (AvgIpc) is 2.97. The van der Waals surface area contributed by atoms with Crippen LogP contribution in [0.1, 0.15) is 31.9 Å². The van der Waals surface area contributed by atoms with Crippen LogP contribution in [0, 0.1) is 5.82 Å². The molecule has 3 aromatic carbocycles. The molecule has 3 aromatic rings. The lowest BCUT2D eigenvalue weighted by Crippen LogP contribution is -2.44. The summed E-state index contributed by atoms with van der Waals surface area (Å²) in [7, 11) is 0. The molecule has 0 aliphatic carbocycles. The Labute approximate surface area is 185 Å². The van der Waals surface area contributed by atoms with Crippen molar-refractivity contribution in [3.8, 4) is 0 Å². The minimum absolute atomic E-state index is 0.397. The topological polar surface area (TPSA) is 46.6 Å². The van der Waals surface area contributed by atoms with Gasteiger partial charge in [-0.15, -0.1) is 0 Å². The summed E-state index contributed by atoms with van der Waals surface area (Å²) in [5, 5.41) is 0. The molecule has 0 saturated heterocycles. The average molecular weight is 436 g/mol. The van der Waals surface area contributed by atoms with Crippen molar-refractivity contribution < 1.29 is 18.7 Å². The lowest BCUT2D eigenvalue weighted by atomic mass is 9.91. The van der Waals surface area contributed by atoms with E-state index in [1.807, 2.05) is 42.5 Å². The van der Waals surface area contributed by atoms with Gasteiger partial charge in [-0.05, 0) is 56.7 Å². The molecule has 1 aliphatic heterocycles. The van der Waals surface area contributed by atoms with Crippen molar-refractivity contribution in [2.45, 2.75) is 36.0 Å². The normalized spacial score (nSPS) is 18.1. The van der Waals surface area contributed by atoms with Crippen LogP contribution in [0.4, 0.5) is 14.9 Å². The number of hydrogen-bond acceptors (Lipinski definition) is 4. The Morgan fingerprint density at radius 3 is 2.19 bits per heavy atom. The molecule has 1 aliphatic rings. The summed E-state index contributed by atoms with van der Waals surface area (Å²) >= 11 is 1.33. The van der Waals surface area contributed by atoms with Gasteiger partial charge in [-0.3, -0.25) is 4.79 Å². The number of para-hydroxylation sites is 1. The third kappa shape index (κ3) is 3.83. The molecule has 1 heterocycles. The molecule has 0 spiro atoms. The SMILES string of the molecule is CC(C)(C)OC(=O)N1C(=O)[C@](Sc2ccccc2)(c2ccc(F)cc2)c2ccccc21. The summed E-state index contributed by atoms with van der Waals surface area (Å²) in [5.74, 6) is -0.838. The first kappa shape index (κ1) is 21.1. The van der Waals surface area contributed by atoms with E-state index in [1.165, 1.54) is 23.9 Å². The number of hydrogen-bond donors (Lipinski definition) is 0. The van der Waals surface area contributed by atoms with Crippen LogP contribution in [0.25, 0.3) is 0 Å². The molecule has 0 N–H and O–H groups in total. The molecule has 0 bridgehead atoms. The van der Waals surface area contributed by atoms with Crippen molar-refractivity contribution in [3.63, 3.8) is 0 Å². The summed E-state index contributed by atoms with van der Waals surface area (Å²) in [6, 6.07) is 22.5. The molecule has 1 atom stereocenters. The highest BCUT2D eigenvalue weighted by Gasteiger charge is 2.55. The van der Waals surface area contributed by atoms with Crippen molar-refractivity contribution in [1.29, 1.82) is 0 Å². The molecule has 0 aromatic heterocycles. The van der Waals surface area contributed by atoms with Crippen molar-refractivity contribution in [3.05, 3.63) is 95.8 Å². The Bertz CT molecular complexity index is 1130. The third-order valence-electron chi connectivity index (χ3n) is 4.87. The van der Waals surface area contributed by atoms with Crippen LogP contribution in [-0.4, -0.2) is 17.6 Å². The van der Waals surface area contributed by atoms with Crippen LogP contribution in [0.2, 0.25) is 0 Å². The predicted octanol–water partition coefficient (Wildman–Crippen LogP) is 6.14. The number of thioether (sulfide) groups is 1. The Morgan fingerprint density at radius 1 is 0.935 bits per heavy atom. The number of benzene rings is 3. The maximum atomic E-state index is 14.0. The van der Waals surface area contributed by atoms with E-state index in [2.05, 4.69) is 0 Å². The number of fused-ring (bicyclic) bond motifs is 1. The Morgan fingerprint density at radius 2 is 1.55 bits per heavy atom. The van der Waals surface area contributed by atoms with Crippen LogP contribution in [0.3, 0.4) is 0 Å². The van der Waals surface area contributed by atoms with E-state index in [-0.39, 0.29) is 0 Å². The first-order chi connectivity index (χ1) is 14.7. The first-order valence-electron chi connectivity index (χ1n) is 9.89. The minimum Gasteiger partial charge on any atom is -0.443 e. The fourth-order valence-electron chi connectivity index (χ4n) is 3.62. The maximum absolute atomic E-state index is 14.0. The highest BCUT2D eigenvalue weighted by atomic mass is 32.2. The lowest BCUT2D eigenvalue weighted by Gasteiger charge is -2.29. The summed E-state index contributed by atoms with van der Waals surface area (Å²) in [5.41, 5.74) is 0.951. The number of ether oxygens (including phenoxy) is 1. The third-order valence-corrected chi connectivity index (χ3v) is 6.31. The molecule has 0 fully saturated rings. The second kappa shape index (κ2) is 7.85. The van der Waals surface area contributed by atoms with E-state index in [4.69, 9.17) is 4.74 Å². The molecule has 0 radical (unpaired) electrons. The standard InChI is InChI=1S/C25H22FNO3S/c1-24(2,3)30-23(29)27-21-12-8-7-11-20(21)25(22(27)28,17-13-15-18(26)16-14-17)31-19-9-5-4-6-10-19/h4-16H,1-3H3/t25-/m0/s1. The zero-order valence-corrected chi connectivity index (χ0v) is 18.3. The fraction of sp³-hybridized carbons (Fsp3) is 0.200. The summed E-state index contributed by atoms with van der Waals surface area (Å²) in [4.78, 5) is 29.0. The molecule has 0 saturated carbocycles. The molecule has 0 unspecified atom stereocenters. The van der Waals surface area contributed by atoms with Crippen molar-refractivity contribution >= 4 is 29.4 Å². The number of carbonyl (C=O) groups is 2. The number of amides is 2. The van der Waals surface area contributed by atoms with Crippen molar-refractivity contribution in [2.75, 3.05) is 4.90 Å². The van der Waals surface area contributed by atoms with Gasteiger partial charge in [-0.1, -0.05) is 60.3 Å². The number of nitrogens with zero attached hydrogens (tertiary/aromatic N) is 1.